The minimum absolute atomic E-state index is 0.145. The van der Waals surface area contributed by atoms with Crippen LogP contribution < -0.4 is 4.90 Å². The van der Waals surface area contributed by atoms with Gasteiger partial charge in [0.1, 0.15) is 5.82 Å². The fourth-order valence-electron chi connectivity index (χ4n) is 2.83. The lowest BCUT2D eigenvalue weighted by Gasteiger charge is -2.29. The van der Waals surface area contributed by atoms with Crippen molar-refractivity contribution in [3.63, 3.8) is 0 Å². The molecule has 0 aromatic heterocycles. The van der Waals surface area contributed by atoms with Crippen LogP contribution in [0.4, 0.5) is 10.1 Å². The van der Waals surface area contributed by atoms with E-state index in [1.807, 2.05) is 23.1 Å². The number of nitrogens with zero attached hydrogens (tertiary/aromatic N) is 1. The van der Waals surface area contributed by atoms with Crippen LogP contribution in [0.5, 0.6) is 0 Å². The fraction of sp³-hybridized carbons (Fsp3) is 0.278. The number of fused-ring (bicyclic) bond motifs is 1. The molecule has 0 spiro atoms. The normalized spacial score (nSPS) is 13.9. The minimum Gasteiger partial charge on any atom is -0.312 e. The molecular formula is C18H18FNO. The lowest BCUT2D eigenvalue weighted by Crippen LogP contribution is -2.35. The molecule has 1 aliphatic heterocycles. The van der Waals surface area contributed by atoms with Crippen LogP contribution in [-0.2, 0) is 17.6 Å². The number of hydrogen-bond donors (Lipinski definition) is 0. The van der Waals surface area contributed by atoms with Gasteiger partial charge >= 0.3 is 0 Å². The Bertz CT molecular complexity index is 636. The molecular weight excluding hydrogens is 265 g/mol. The van der Waals surface area contributed by atoms with Gasteiger partial charge in [0.25, 0.3) is 0 Å². The summed E-state index contributed by atoms with van der Waals surface area (Å²) in [7, 11) is 0. The van der Waals surface area contributed by atoms with Crippen molar-refractivity contribution in [2.75, 3.05) is 11.4 Å². The maximum atomic E-state index is 12.9. The van der Waals surface area contributed by atoms with E-state index in [9.17, 15) is 9.18 Å². The minimum atomic E-state index is -0.241. The first-order chi connectivity index (χ1) is 10.2. The molecule has 1 amide bonds. The molecule has 2 aromatic carbocycles. The summed E-state index contributed by atoms with van der Waals surface area (Å²) < 4.78 is 12.9. The Balaban J connectivity index is 1.68. The summed E-state index contributed by atoms with van der Waals surface area (Å²) >= 11 is 0. The van der Waals surface area contributed by atoms with E-state index < -0.39 is 0 Å². The van der Waals surface area contributed by atoms with E-state index in [0.717, 1.165) is 30.6 Å². The Kier molecular flexibility index (Phi) is 4.00. The zero-order valence-corrected chi connectivity index (χ0v) is 11.9. The van der Waals surface area contributed by atoms with Crippen LogP contribution in [0.15, 0.2) is 48.5 Å². The molecule has 2 aromatic rings. The molecule has 3 rings (SSSR count). The lowest BCUT2D eigenvalue weighted by atomic mass is 10.0. The second-order valence-electron chi connectivity index (χ2n) is 5.40. The molecule has 0 radical (unpaired) electrons. The monoisotopic (exact) mass is 283 g/mol. The zero-order chi connectivity index (χ0) is 14.7. The van der Waals surface area contributed by atoms with Gasteiger partial charge in [0.2, 0.25) is 5.91 Å². The van der Waals surface area contributed by atoms with Crippen molar-refractivity contribution in [1.82, 2.24) is 0 Å². The summed E-state index contributed by atoms with van der Waals surface area (Å²) in [6.45, 7) is 0.791. The van der Waals surface area contributed by atoms with Crippen molar-refractivity contribution >= 4 is 11.6 Å². The molecule has 1 heterocycles. The molecule has 108 valence electrons. The third kappa shape index (κ3) is 3.13. The van der Waals surface area contributed by atoms with Gasteiger partial charge in [-0.3, -0.25) is 4.79 Å². The number of benzene rings is 2. The SMILES string of the molecule is O=C(CCc1ccc(F)cc1)N1CCCc2ccccc21. The smallest absolute Gasteiger partial charge is 0.227 e. The number of hydrogen-bond acceptors (Lipinski definition) is 1. The summed E-state index contributed by atoms with van der Waals surface area (Å²) in [5.74, 6) is -0.0958. The van der Waals surface area contributed by atoms with Crippen LogP contribution in [0.3, 0.4) is 0 Å². The highest BCUT2D eigenvalue weighted by molar-refractivity contribution is 5.94. The van der Waals surface area contributed by atoms with E-state index in [0.29, 0.717) is 12.8 Å². The topological polar surface area (TPSA) is 20.3 Å². The standard InChI is InChI=1S/C18H18FNO/c19-16-10-7-14(8-11-16)9-12-18(21)20-13-3-5-15-4-1-2-6-17(15)20/h1-2,4,6-8,10-11H,3,5,9,12-13H2. The van der Waals surface area contributed by atoms with Crippen molar-refractivity contribution in [2.45, 2.75) is 25.7 Å². The molecule has 0 unspecified atom stereocenters. The first kappa shape index (κ1) is 13.8. The number of carbonyl (C=O) groups excluding carboxylic acids is 1. The highest BCUT2D eigenvalue weighted by atomic mass is 19.1. The van der Waals surface area contributed by atoms with Crippen LogP contribution in [0.1, 0.15) is 24.0 Å². The molecule has 0 saturated carbocycles. The second kappa shape index (κ2) is 6.08. The van der Waals surface area contributed by atoms with Crippen LogP contribution in [-0.4, -0.2) is 12.5 Å². The van der Waals surface area contributed by atoms with Crippen molar-refractivity contribution in [1.29, 1.82) is 0 Å². The van der Waals surface area contributed by atoms with Gasteiger partial charge in [-0.15, -0.1) is 0 Å². The van der Waals surface area contributed by atoms with E-state index >= 15 is 0 Å². The van der Waals surface area contributed by atoms with Gasteiger partial charge < -0.3 is 4.90 Å². The van der Waals surface area contributed by atoms with E-state index in [1.54, 1.807) is 12.1 Å². The fourth-order valence-corrected chi connectivity index (χ4v) is 2.83. The average molecular weight is 283 g/mol. The number of para-hydroxylation sites is 1. The van der Waals surface area contributed by atoms with Crippen molar-refractivity contribution in [2.24, 2.45) is 0 Å². The van der Waals surface area contributed by atoms with Crippen molar-refractivity contribution < 1.29 is 9.18 Å². The van der Waals surface area contributed by atoms with Gasteiger partial charge in [-0.05, 0) is 48.6 Å². The summed E-state index contributed by atoms with van der Waals surface area (Å²) in [4.78, 5) is 14.3. The van der Waals surface area contributed by atoms with Crippen LogP contribution >= 0.6 is 0 Å². The van der Waals surface area contributed by atoms with Gasteiger partial charge in [0.15, 0.2) is 0 Å². The average Bonchev–Trinajstić information content (AvgIpc) is 2.53. The first-order valence-electron chi connectivity index (χ1n) is 7.37. The molecule has 0 bridgehead atoms. The molecule has 0 fully saturated rings. The molecule has 0 atom stereocenters. The predicted molar refractivity (Wildman–Crippen MR) is 81.8 cm³/mol. The Morgan fingerprint density at radius 1 is 1.10 bits per heavy atom. The Morgan fingerprint density at radius 2 is 1.86 bits per heavy atom. The Labute approximate surface area is 124 Å². The third-order valence-corrected chi connectivity index (χ3v) is 3.95. The molecule has 0 saturated heterocycles. The van der Waals surface area contributed by atoms with E-state index in [4.69, 9.17) is 0 Å². The summed E-state index contributed by atoms with van der Waals surface area (Å²) in [6.07, 6.45) is 3.16. The highest BCUT2D eigenvalue weighted by Crippen LogP contribution is 2.27. The first-order valence-corrected chi connectivity index (χ1v) is 7.37. The largest absolute Gasteiger partial charge is 0.312 e. The van der Waals surface area contributed by atoms with Gasteiger partial charge in [-0.2, -0.15) is 0 Å². The van der Waals surface area contributed by atoms with Crippen LogP contribution in [0.25, 0.3) is 0 Å². The van der Waals surface area contributed by atoms with Crippen LogP contribution in [0.2, 0.25) is 0 Å². The maximum Gasteiger partial charge on any atom is 0.227 e. The quantitative estimate of drug-likeness (QED) is 0.840. The maximum absolute atomic E-state index is 12.9. The number of aryl methyl sites for hydroxylation is 2. The molecule has 0 aliphatic carbocycles. The number of anilines is 1. The van der Waals surface area contributed by atoms with Crippen molar-refractivity contribution in [3.05, 3.63) is 65.5 Å². The van der Waals surface area contributed by atoms with E-state index in [-0.39, 0.29) is 11.7 Å². The van der Waals surface area contributed by atoms with Gasteiger partial charge in [-0.25, -0.2) is 4.39 Å². The van der Waals surface area contributed by atoms with Gasteiger partial charge in [0.05, 0.1) is 0 Å². The zero-order valence-electron chi connectivity index (χ0n) is 11.9. The van der Waals surface area contributed by atoms with Crippen LogP contribution in [0, 0.1) is 5.82 Å². The van der Waals surface area contributed by atoms with E-state index in [1.165, 1.54) is 17.7 Å². The Hall–Kier alpha value is -2.16. The predicted octanol–water partition coefficient (Wildman–Crippen LogP) is 3.74. The van der Waals surface area contributed by atoms with Crippen molar-refractivity contribution in [3.8, 4) is 0 Å². The number of halogens is 1. The molecule has 3 heteroatoms. The molecule has 2 nitrogen and oxygen atoms in total. The Morgan fingerprint density at radius 3 is 2.67 bits per heavy atom. The molecule has 21 heavy (non-hydrogen) atoms. The lowest BCUT2D eigenvalue weighted by molar-refractivity contribution is -0.118. The van der Waals surface area contributed by atoms with E-state index in [2.05, 4.69) is 6.07 Å². The van der Waals surface area contributed by atoms with Gasteiger partial charge in [0, 0.05) is 18.7 Å². The second-order valence-corrected chi connectivity index (χ2v) is 5.40. The summed E-state index contributed by atoms with van der Waals surface area (Å²) in [6, 6.07) is 14.5. The summed E-state index contributed by atoms with van der Waals surface area (Å²) in [5.41, 5.74) is 3.29. The summed E-state index contributed by atoms with van der Waals surface area (Å²) in [5, 5.41) is 0. The highest BCUT2D eigenvalue weighted by Gasteiger charge is 2.21. The molecule has 0 N–H and O–H groups in total. The van der Waals surface area contributed by atoms with Gasteiger partial charge in [-0.1, -0.05) is 30.3 Å². The number of amides is 1. The number of rotatable bonds is 3. The molecule has 1 aliphatic rings. The third-order valence-electron chi connectivity index (χ3n) is 3.95. The number of carbonyl (C=O) groups is 1.